The third-order valence-electron chi connectivity index (χ3n) is 3.46. The Labute approximate surface area is 143 Å². The number of aromatic nitrogens is 3. The number of ether oxygens (including phenoxy) is 1. The Kier molecular flexibility index (Phi) is 4.76. The highest BCUT2D eigenvalue weighted by molar-refractivity contribution is 7.84. The molecule has 0 aliphatic heterocycles. The highest BCUT2D eigenvalue weighted by Gasteiger charge is 2.38. The molecule has 0 spiro atoms. The van der Waals surface area contributed by atoms with Crippen molar-refractivity contribution in [3.63, 3.8) is 0 Å². The van der Waals surface area contributed by atoms with E-state index in [1.54, 1.807) is 18.2 Å². The SMILES string of the molecule is CC(Oc1cccnc1CS(=O)c1nc2ccccc2[nH]1)C(F)(F)F. The van der Waals surface area contributed by atoms with Gasteiger partial charge in [-0.3, -0.25) is 9.19 Å². The second-order valence-electron chi connectivity index (χ2n) is 5.30. The van der Waals surface area contributed by atoms with Crippen LogP contribution in [-0.4, -0.2) is 31.4 Å². The van der Waals surface area contributed by atoms with Gasteiger partial charge in [-0.1, -0.05) is 12.1 Å². The van der Waals surface area contributed by atoms with Gasteiger partial charge in [-0.05, 0) is 31.2 Å². The van der Waals surface area contributed by atoms with Crippen molar-refractivity contribution >= 4 is 21.8 Å². The average Bonchev–Trinajstić information content (AvgIpc) is 3.00. The number of rotatable bonds is 5. The van der Waals surface area contributed by atoms with Crippen molar-refractivity contribution in [1.29, 1.82) is 0 Å². The number of hydrogen-bond acceptors (Lipinski definition) is 4. The largest absolute Gasteiger partial charge is 0.479 e. The minimum Gasteiger partial charge on any atom is -0.479 e. The van der Waals surface area contributed by atoms with Gasteiger partial charge in [-0.15, -0.1) is 0 Å². The van der Waals surface area contributed by atoms with Crippen LogP contribution in [0.3, 0.4) is 0 Å². The fourth-order valence-electron chi connectivity index (χ4n) is 2.13. The number of pyridine rings is 1. The van der Waals surface area contributed by atoms with Crippen LogP contribution in [0.2, 0.25) is 0 Å². The van der Waals surface area contributed by atoms with Crippen LogP contribution in [0.25, 0.3) is 11.0 Å². The molecule has 25 heavy (non-hydrogen) atoms. The van der Waals surface area contributed by atoms with Crippen molar-refractivity contribution in [2.45, 2.75) is 30.1 Å². The summed E-state index contributed by atoms with van der Waals surface area (Å²) in [5.74, 6) is -0.155. The van der Waals surface area contributed by atoms with Gasteiger partial charge >= 0.3 is 6.18 Å². The second kappa shape index (κ2) is 6.83. The van der Waals surface area contributed by atoms with E-state index in [0.717, 1.165) is 12.4 Å². The minimum absolute atomic E-state index is 0.0446. The zero-order valence-corrected chi connectivity index (χ0v) is 13.9. The number of fused-ring (bicyclic) bond motifs is 1. The van der Waals surface area contributed by atoms with E-state index in [-0.39, 0.29) is 22.4 Å². The van der Waals surface area contributed by atoms with Gasteiger partial charge in [-0.2, -0.15) is 13.2 Å². The van der Waals surface area contributed by atoms with Crippen molar-refractivity contribution in [2.24, 2.45) is 0 Å². The van der Waals surface area contributed by atoms with Gasteiger partial charge in [0.25, 0.3) is 0 Å². The van der Waals surface area contributed by atoms with Crippen LogP contribution in [0.15, 0.2) is 47.8 Å². The number of para-hydroxylation sites is 2. The summed E-state index contributed by atoms with van der Waals surface area (Å²) in [6.45, 7) is 0.910. The number of halogens is 3. The Morgan fingerprint density at radius 3 is 2.72 bits per heavy atom. The van der Waals surface area contributed by atoms with E-state index >= 15 is 0 Å². The first-order valence-electron chi connectivity index (χ1n) is 7.35. The molecular weight excluding hydrogens is 355 g/mol. The highest BCUT2D eigenvalue weighted by Crippen LogP contribution is 2.27. The molecule has 0 radical (unpaired) electrons. The third-order valence-corrected chi connectivity index (χ3v) is 4.62. The topological polar surface area (TPSA) is 67.9 Å². The maximum Gasteiger partial charge on any atom is 0.425 e. The molecule has 0 amide bonds. The molecule has 0 saturated carbocycles. The Morgan fingerprint density at radius 1 is 1.24 bits per heavy atom. The number of nitrogens with one attached hydrogen (secondary N) is 1. The molecule has 0 aliphatic rings. The van der Waals surface area contributed by atoms with Crippen molar-refractivity contribution in [3.8, 4) is 5.75 Å². The lowest BCUT2D eigenvalue weighted by Crippen LogP contribution is -2.31. The number of hydrogen-bond donors (Lipinski definition) is 1. The average molecular weight is 369 g/mol. The maximum atomic E-state index is 12.7. The monoisotopic (exact) mass is 369 g/mol. The van der Waals surface area contributed by atoms with Gasteiger partial charge in [0, 0.05) is 6.20 Å². The molecule has 2 atom stereocenters. The number of alkyl halides is 3. The predicted octanol–water partition coefficient (Wildman–Crippen LogP) is 3.60. The first-order chi connectivity index (χ1) is 11.8. The van der Waals surface area contributed by atoms with Crippen LogP contribution in [0, 0.1) is 0 Å². The van der Waals surface area contributed by atoms with E-state index in [1.165, 1.54) is 18.3 Å². The summed E-state index contributed by atoms with van der Waals surface area (Å²) in [5.41, 5.74) is 1.57. The quantitative estimate of drug-likeness (QED) is 0.746. The molecule has 1 aromatic carbocycles. The summed E-state index contributed by atoms with van der Waals surface area (Å²) >= 11 is 0. The highest BCUT2D eigenvalue weighted by atomic mass is 32.2. The third kappa shape index (κ3) is 3.98. The summed E-state index contributed by atoms with van der Waals surface area (Å²) in [6.07, 6.45) is -5.07. The lowest BCUT2D eigenvalue weighted by atomic mass is 10.3. The van der Waals surface area contributed by atoms with Gasteiger partial charge in [0.05, 0.1) is 33.3 Å². The molecule has 2 heterocycles. The maximum absolute atomic E-state index is 12.7. The van der Waals surface area contributed by atoms with Crippen LogP contribution in [0.1, 0.15) is 12.6 Å². The normalized spacial score (nSPS) is 14.4. The molecule has 2 unspecified atom stereocenters. The molecule has 0 fully saturated rings. The zero-order chi connectivity index (χ0) is 18.0. The smallest absolute Gasteiger partial charge is 0.425 e. The van der Waals surface area contributed by atoms with Gasteiger partial charge in [0.2, 0.25) is 0 Å². The van der Waals surface area contributed by atoms with Gasteiger partial charge < -0.3 is 9.72 Å². The Morgan fingerprint density at radius 2 is 2.00 bits per heavy atom. The zero-order valence-electron chi connectivity index (χ0n) is 13.1. The van der Waals surface area contributed by atoms with E-state index < -0.39 is 23.1 Å². The van der Waals surface area contributed by atoms with Gasteiger partial charge in [0.15, 0.2) is 11.3 Å². The van der Waals surface area contributed by atoms with Crippen molar-refractivity contribution in [3.05, 3.63) is 48.3 Å². The molecule has 0 aliphatic carbocycles. The summed E-state index contributed by atoms with van der Waals surface area (Å²) in [6, 6.07) is 10.0. The predicted molar refractivity (Wildman–Crippen MR) is 86.6 cm³/mol. The van der Waals surface area contributed by atoms with E-state index in [1.807, 2.05) is 6.07 Å². The summed E-state index contributed by atoms with van der Waals surface area (Å²) in [7, 11) is -1.60. The Balaban J connectivity index is 1.81. The van der Waals surface area contributed by atoms with Crippen LogP contribution in [0.5, 0.6) is 5.75 Å². The number of H-pyrrole nitrogens is 1. The van der Waals surface area contributed by atoms with E-state index in [2.05, 4.69) is 15.0 Å². The number of aromatic amines is 1. The first-order valence-corrected chi connectivity index (χ1v) is 8.67. The van der Waals surface area contributed by atoms with Crippen LogP contribution in [-0.2, 0) is 16.6 Å². The molecule has 9 heteroatoms. The first kappa shape index (κ1) is 17.4. The van der Waals surface area contributed by atoms with Crippen molar-refractivity contribution < 1.29 is 22.1 Å². The fraction of sp³-hybridized carbons (Fsp3) is 0.250. The lowest BCUT2D eigenvalue weighted by molar-refractivity contribution is -0.189. The molecule has 0 saturated heterocycles. The van der Waals surface area contributed by atoms with Crippen LogP contribution in [0.4, 0.5) is 13.2 Å². The summed E-state index contributed by atoms with van der Waals surface area (Å²) in [5, 5.41) is 0.238. The number of benzene rings is 1. The molecule has 2 aromatic heterocycles. The fourth-order valence-corrected chi connectivity index (χ4v) is 3.15. The number of nitrogens with zero attached hydrogens (tertiary/aromatic N) is 2. The summed E-state index contributed by atoms with van der Waals surface area (Å²) < 4.78 is 55.5. The Hall–Kier alpha value is -2.42. The van der Waals surface area contributed by atoms with Gasteiger partial charge in [-0.25, -0.2) is 4.98 Å². The van der Waals surface area contributed by atoms with Gasteiger partial charge in [0.1, 0.15) is 5.75 Å². The second-order valence-corrected chi connectivity index (χ2v) is 6.67. The van der Waals surface area contributed by atoms with Crippen molar-refractivity contribution in [1.82, 2.24) is 15.0 Å². The lowest BCUT2D eigenvalue weighted by Gasteiger charge is -2.18. The molecule has 132 valence electrons. The molecule has 1 N–H and O–H groups in total. The van der Waals surface area contributed by atoms with Crippen LogP contribution < -0.4 is 4.74 Å². The standard InChI is InChI=1S/C16H14F3N3O2S/c1-10(16(17,18)19)24-14-7-4-8-20-13(14)9-25(23)15-21-11-5-2-3-6-12(11)22-15/h2-8,10H,9H2,1H3,(H,21,22). The van der Waals surface area contributed by atoms with Crippen molar-refractivity contribution in [2.75, 3.05) is 0 Å². The Bertz CT molecular complexity index is 878. The number of imidazole rings is 1. The molecular formula is C16H14F3N3O2S. The van der Waals surface area contributed by atoms with E-state index in [9.17, 15) is 17.4 Å². The van der Waals surface area contributed by atoms with E-state index in [0.29, 0.717) is 5.52 Å². The molecule has 5 nitrogen and oxygen atoms in total. The van der Waals surface area contributed by atoms with E-state index in [4.69, 9.17) is 4.74 Å². The molecule has 3 aromatic rings. The summed E-state index contributed by atoms with van der Waals surface area (Å²) in [4.78, 5) is 11.2. The minimum atomic E-state index is -4.50. The molecule has 3 rings (SSSR count). The molecule has 0 bridgehead atoms. The van der Waals surface area contributed by atoms with Crippen LogP contribution >= 0.6 is 0 Å².